The summed E-state index contributed by atoms with van der Waals surface area (Å²) in [4.78, 5) is 2.56. The fourth-order valence-corrected chi connectivity index (χ4v) is 4.66. The van der Waals surface area contributed by atoms with Gasteiger partial charge in [-0.15, -0.1) is 0 Å². The van der Waals surface area contributed by atoms with Gasteiger partial charge in [-0.2, -0.15) is 4.31 Å². The van der Waals surface area contributed by atoms with Crippen molar-refractivity contribution in [3.05, 3.63) is 17.6 Å². The van der Waals surface area contributed by atoms with Crippen molar-refractivity contribution in [3.8, 4) is 0 Å². The van der Waals surface area contributed by atoms with Crippen molar-refractivity contribution in [1.29, 1.82) is 0 Å². The Bertz CT molecular complexity index is 578. The zero-order valence-corrected chi connectivity index (χ0v) is 13.8. The molecule has 1 aromatic rings. The van der Waals surface area contributed by atoms with Crippen LogP contribution in [0.5, 0.6) is 0 Å². The van der Waals surface area contributed by atoms with Crippen molar-refractivity contribution in [2.45, 2.75) is 44.7 Å². The molecule has 1 saturated heterocycles. The molecular weight excluding hydrogens is 290 g/mol. The maximum absolute atomic E-state index is 12.7. The molecule has 0 saturated carbocycles. The Hall–Kier alpha value is -0.890. The van der Waals surface area contributed by atoms with Crippen LogP contribution in [0.3, 0.4) is 0 Å². The van der Waals surface area contributed by atoms with Gasteiger partial charge in [-0.25, -0.2) is 8.42 Å². The first-order chi connectivity index (χ1) is 9.93. The molecule has 2 heterocycles. The molecular formula is C14H25N3O3S. The van der Waals surface area contributed by atoms with Crippen LogP contribution in [0.25, 0.3) is 0 Å². The van der Waals surface area contributed by atoms with Gasteiger partial charge in [0.1, 0.15) is 16.4 Å². The van der Waals surface area contributed by atoms with E-state index in [1.807, 2.05) is 0 Å². The van der Waals surface area contributed by atoms with Gasteiger partial charge in [0.25, 0.3) is 0 Å². The van der Waals surface area contributed by atoms with Crippen molar-refractivity contribution in [2.75, 3.05) is 26.2 Å². The molecule has 1 aromatic heterocycles. The fraction of sp³-hybridized carbons (Fsp3) is 0.714. The highest BCUT2D eigenvalue weighted by Gasteiger charge is 2.36. The van der Waals surface area contributed by atoms with Crippen molar-refractivity contribution < 1.29 is 12.8 Å². The lowest BCUT2D eigenvalue weighted by Gasteiger charge is -2.26. The van der Waals surface area contributed by atoms with E-state index < -0.39 is 10.0 Å². The molecule has 0 aromatic carbocycles. The van der Waals surface area contributed by atoms with E-state index in [1.54, 1.807) is 17.3 Å². The van der Waals surface area contributed by atoms with Gasteiger partial charge in [-0.05, 0) is 26.4 Å². The molecule has 1 aliphatic heterocycles. The van der Waals surface area contributed by atoms with Gasteiger partial charge in [0, 0.05) is 25.2 Å². The normalized spacial score (nSPS) is 20.5. The number of aryl methyl sites for hydroxylation is 1. The maximum atomic E-state index is 12.7. The first-order valence-electron chi connectivity index (χ1n) is 7.47. The van der Waals surface area contributed by atoms with E-state index in [4.69, 9.17) is 10.2 Å². The van der Waals surface area contributed by atoms with Gasteiger partial charge >= 0.3 is 0 Å². The third-order valence-electron chi connectivity index (χ3n) is 4.20. The molecule has 120 valence electrons. The van der Waals surface area contributed by atoms with Crippen LogP contribution in [-0.4, -0.2) is 49.8 Å². The van der Waals surface area contributed by atoms with Gasteiger partial charge < -0.3 is 10.2 Å². The van der Waals surface area contributed by atoms with Crippen LogP contribution in [0.1, 0.15) is 31.8 Å². The molecule has 0 aliphatic carbocycles. The average molecular weight is 315 g/mol. The predicted molar refractivity (Wildman–Crippen MR) is 81.4 cm³/mol. The zero-order valence-electron chi connectivity index (χ0n) is 13.0. The largest absolute Gasteiger partial charge is 0.464 e. The first kappa shape index (κ1) is 16.5. The first-order valence-corrected chi connectivity index (χ1v) is 8.91. The molecule has 0 bridgehead atoms. The Morgan fingerprint density at radius 1 is 1.43 bits per heavy atom. The van der Waals surface area contributed by atoms with Gasteiger partial charge in [0.2, 0.25) is 10.0 Å². The average Bonchev–Trinajstić information content (AvgIpc) is 3.07. The topological polar surface area (TPSA) is 79.8 Å². The van der Waals surface area contributed by atoms with Crippen molar-refractivity contribution in [3.63, 3.8) is 0 Å². The number of hydrogen-bond donors (Lipinski definition) is 1. The minimum atomic E-state index is -3.48. The highest BCUT2D eigenvalue weighted by molar-refractivity contribution is 7.89. The zero-order chi connectivity index (χ0) is 15.6. The second-order valence-corrected chi connectivity index (χ2v) is 7.27. The lowest BCUT2D eigenvalue weighted by Crippen LogP contribution is -2.38. The molecule has 1 unspecified atom stereocenters. The summed E-state index contributed by atoms with van der Waals surface area (Å²) in [7, 11) is -3.48. The SMILES string of the molecule is CCN(CC)C1CCN(S(=O)(=O)c2cc(CN)oc2C)C1. The lowest BCUT2D eigenvalue weighted by atomic mass is 10.2. The number of nitrogens with zero attached hydrogens (tertiary/aromatic N) is 2. The number of nitrogens with two attached hydrogens (primary N) is 1. The van der Waals surface area contributed by atoms with Gasteiger partial charge in [-0.1, -0.05) is 13.8 Å². The summed E-state index contributed by atoms with van der Waals surface area (Å²) >= 11 is 0. The van der Waals surface area contributed by atoms with Gasteiger partial charge in [0.05, 0.1) is 6.54 Å². The van der Waals surface area contributed by atoms with E-state index in [2.05, 4.69) is 18.7 Å². The molecule has 0 spiro atoms. The minimum absolute atomic E-state index is 0.207. The molecule has 0 radical (unpaired) electrons. The number of sulfonamides is 1. The Labute approximate surface area is 126 Å². The molecule has 1 atom stereocenters. The molecule has 7 heteroatoms. The van der Waals surface area contributed by atoms with E-state index >= 15 is 0 Å². The summed E-state index contributed by atoms with van der Waals surface area (Å²) < 4.78 is 32.4. The number of rotatable bonds is 6. The van der Waals surface area contributed by atoms with E-state index in [0.29, 0.717) is 30.7 Å². The number of likely N-dealkylation sites (N-methyl/N-ethyl adjacent to an activating group) is 1. The Morgan fingerprint density at radius 3 is 2.62 bits per heavy atom. The third kappa shape index (κ3) is 3.15. The molecule has 1 aliphatic rings. The monoisotopic (exact) mass is 315 g/mol. The summed E-state index contributed by atoms with van der Waals surface area (Å²) in [6.07, 6.45) is 0.877. The van der Waals surface area contributed by atoms with Crippen LogP contribution >= 0.6 is 0 Å². The fourth-order valence-electron chi connectivity index (χ4n) is 2.99. The summed E-state index contributed by atoms with van der Waals surface area (Å²) in [6.45, 7) is 9.08. The standard InChI is InChI=1S/C14H25N3O3S/c1-4-16(5-2)12-6-7-17(10-12)21(18,19)14-8-13(9-15)20-11(14)3/h8,12H,4-7,9-10,15H2,1-3H3. The van der Waals surface area contributed by atoms with Crippen molar-refractivity contribution in [2.24, 2.45) is 5.73 Å². The minimum Gasteiger partial charge on any atom is -0.464 e. The van der Waals surface area contributed by atoms with Crippen LogP contribution in [0.2, 0.25) is 0 Å². The Balaban J connectivity index is 2.19. The highest BCUT2D eigenvalue weighted by atomic mass is 32.2. The van der Waals surface area contributed by atoms with Crippen LogP contribution in [-0.2, 0) is 16.6 Å². The van der Waals surface area contributed by atoms with Crippen molar-refractivity contribution >= 4 is 10.0 Å². The van der Waals surface area contributed by atoms with E-state index in [9.17, 15) is 8.42 Å². The Morgan fingerprint density at radius 2 is 2.10 bits per heavy atom. The van der Waals surface area contributed by atoms with Crippen LogP contribution in [0.15, 0.2) is 15.4 Å². The van der Waals surface area contributed by atoms with Gasteiger partial charge in [0.15, 0.2) is 0 Å². The highest BCUT2D eigenvalue weighted by Crippen LogP contribution is 2.27. The maximum Gasteiger partial charge on any atom is 0.246 e. The summed E-state index contributed by atoms with van der Waals surface area (Å²) in [5, 5.41) is 0. The van der Waals surface area contributed by atoms with Crippen LogP contribution in [0.4, 0.5) is 0 Å². The van der Waals surface area contributed by atoms with Crippen molar-refractivity contribution in [1.82, 2.24) is 9.21 Å². The smallest absolute Gasteiger partial charge is 0.246 e. The number of furan rings is 1. The molecule has 1 fully saturated rings. The lowest BCUT2D eigenvalue weighted by molar-refractivity contribution is 0.224. The second-order valence-electron chi connectivity index (χ2n) is 5.36. The molecule has 21 heavy (non-hydrogen) atoms. The van der Waals surface area contributed by atoms with Gasteiger partial charge in [-0.3, -0.25) is 4.90 Å². The molecule has 2 rings (SSSR count). The summed E-state index contributed by atoms with van der Waals surface area (Å²) in [5.41, 5.74) is 5.52. The molecule has 0 amide bonds. The second kappa shape index (κ2) is 6.48. The van der Waals surface area contributed by atoms with Crippen LogP contribution < -0.4 is 5.73 Å². The summed E-state index contributed by atoms with van der Waals surface area (Å²) in [6, 6.07) is 1.85. The molecule has 2 N–H and O–H groups in total. The van der Waals surface area contributed by atoms with E-state index in [-0.39, 0.29) is 11.4 Å². The van der Waals surface area contributed by atoms with Crippen LogP contribution in [0, 0.1) is 6.92 Å². The number of hydrogen-bond acceptors (Lipinski definition) is 5. The summed E-state index contributed by atoms with van der Waals surface area (Å²) in [5.74, 6) is 0.923. The predicted octanol–water partition coefficient (Wildman–Crippen LogP) is 1.15. The Kier molecular flexibility index (Phi) is 5.08. The quantitative estimate of drug-likeness (QED) is 0.852. The van der Waals surface area contributed by atoms with E-state index in [1.165, 1.54) is 0 Å². The van der Waals surface area contributed by atoms with E-state index in [0.717, 1.165) is 19.5 Å². The third-order valence-corrected chi connectivity index (χ3v) is 6.17. The molecule has 6 nitrogen and oxygen atoms in total.